The molecule has 15 heavy (non-hydrogen) atoms. The number of pyridine rings is 1. The maximum absolute atomic E-state index is 11.4. The second-order valence-corrected chi connectivity index (χ2v) is 4.78. The molecule has 77 valence electrons. The molecule has 2 rings (SSSR count). The van der Waals surface area contributed by atoms with Crippen molar-refractivity contribution in [1.82, 2.24) is 9.71 Å². The van der Waals surface area contributed by atoms with Crippen LogP contribution in [-0.2, 0) is 10.0 Å². The Bertz CT molecular complexity index is 593. The smallest absolute Gasteiger partial charge is 0.242 e. The molecule has 1 radical (unpaired) electrons. The minimum absolute atomic E-state index is 0.121. The molecule has 0 unspecified atom stereocenters. The quantitative estimate of drug-likeness (QED) is 0.831. The van der Waals surface area contributed by atoms with E-state index in [1.807, 2.05) is 29.0 Å². The molecule has 5 heteroatoms. The summed E-state index contributed by atoms with van der Waals surface area (Å²) in [6, 6.07) is 8.88. The molecule has 1 aromatic carbocycles. The van der Waals surface area contributed by atoms with Crippen LogP contribution in [0.1, 0.15) is 0 Å². The zero-order valence-electron chi connectivity index (χ0n) is 7.84. The lowest BCUT2D eigenvalue weighted by Gasteiger charge is -2.02. The summed E-state index contributed by atoms with van der Waals surface area (Å²) in [5.74, 6) is 0. The molecule has 1 heterocycles. The van der Waals surface area contributed by atoms with Gasteiger partial charge in [0.05, 0.1) is 5.52 Å². The molecule has 0 amide bonds. The van der Waals surface area contributed by atoms with Crippen molar-refractivity contribution >= 4 is 20.9 Å². The first-order valence-electron chi connectivity index (χ1n) is 4.27. The van der Waals surface area contributed by atoms with Crippen molar-refractivity contribution in [3.8, 4) is 0 Å². The van der Waals surface area contributed by atoms with Gasteiger partial charge in [-0.3, -0.25) is 4.98 Å². The number of para-hydroxylation sites is 1. The number of aromatic nitrogens is 1. The Balaban J connectivity index is 2.67. The minimum Gasteiger partial charge on any atom is -0.255 e. The highest BCUT2D eigenvalue weighted by Gasteiger charge is 2.11. The summed E-state index contributed by atoms with van der Waals surface area (Å²) in [5, 5.41) is 0.786. The summed E-state index contributed by atoms with van der Waals surface area (Å²) in [6.07, 6.45) is 1.32. The van der Waals surface area contributed by atoms with Crippen molar-refractivity contribution in [2.75, 3.05) is 0 Å². The number of hydrogen-bond donors (Lipinski definition) is 1. The van der Waals surface area contributed by atoms with Crippen LogP contribution >= 0.6 is 0 Å². The van der Waals surface area contributed by atoms with Gasteiger partial charge in [0, 0.05) is 18.6 Å². The average Bonchev–Trinajstić information content (AvgIpc) is 2.28. The van der Waals surface area contributed by atoms with Crippen molar-refractivity contribution in [1.29, 1.82) is 0 Å². The number of benzene rings is 1. The molecule has 0 aliphatic carbocycles. The third-order valence-electron chi connectivity index (χ3n) is 2.07. The number of fused-ring (bicyclic) bond motifs is 1. The van der Waals surface area contributed by atoms with Gasteiger partial charge in [-0.05, 0) is 12.1 Å². The first-order chi connectivity index (χ1) is 7.13. The van der Waals surface area contributed by atoms with E-state index < -0.39 is 10.0 Å². The Kier molecular flexibility index (Phi) is 2.42. The second kappa shape index (κ2) is 3.60. The summed E-state index contributed by atoms with van der Waals surface area (Å²) in [5.41, 5.74) is 0.764. The van der Waals surface area contributed by atoms with E-state index in [2.05, 4.69) is 12.0 Å². The van der Waals surface area contributed by atoms with E-state index in [4.69, 9.17) is 0 Å². The van der Waals surface area contributed by atoms with Crippen LogP contribution in [0.2, 0.25) is 0 Å². The summed E-state index contributed by atoms with van der Waals surface area (Å²) in [6.45, 7) is 0. The van der Waals surface area contributed by atoms with Crippen molar-refractivity contribution in [2.45, 2.75) is 4.90 Å². The fourth-order valence-electron chi connectivity index (χ4n) is 1.28. The summed E-state index contributed by atoms with van der Waals surface area (Å²) in [4.78, 5) is 4.17. The van der Waals surface area contributed by atoms with Gasteiger partial charge in [-0.1, -0.05) is 18.2 Å². The van der Waals surface area contributed by atoms with Crippen LogP contribution in [0.5, 0.6) is 0 Å². The lowest BCUT2D eigenvalue weighted by atomic mass is 10.2. The molecule has 0 fully saturated rings. The molecule has 2 aromatic rings. The Morgan fingerprint density at radius 2 is 2.00 bits per heavy atom. The van der Waals surface area contributed by atoms with E-state index in [9.17, 15) is 8.42 Å². The van der Waals surface area contributed by atoms with Crippen LogP contribution in [0.15, 0.2) is 41.4 Å². The van der Waals surface area contributed by atoms with Gasteiger partial charge in [-0.25, -0.2) is 13.1 Å². The third-order valence-corrected chi connectivity index (χ3v) is 3.29. The molecule has 4 nitrogen and oxygen atoms in total. The highest BCUT2D eigenvalue weighted by atomic mass is 32.2. The van der Waals surface area contributed by atoms with Crippen LogP contribution in [0, 0.1) is 7.05 Å². The molecule has 0 spiro atoms. The first kappa shape index (κ1) is 10.1. The largest absolute Gasteiger partial charge is 0.255 e. The maximum Gasteiger partial charge on any atom is 0.242 e. The van der Waals surface area contributed by atoms with Gasteiger partial charge in [-0.15, -0.1) is 0 Å². The molecule has 1 N–H and O–H groups in total. The van der Waals surface area contributed by atoms with E-state index >= 15 is 0 Å². The van der Waals surface area contributed by atoms with Gasteiger partial charge in [0.25, 0.3) is 0 Å². The standard InChI is InChI=1S/C10H9N2O2S/c1-11-15(13,14)9-6-8-4-2-3-5-10(8)12-7-9/h2-7,11H,1H2. The Morgan fingerprint density at radius 3 is 2.73 bits per heavy atom. The molecule has 1 aromatic heterocycles. The van der Waals surface area contributed by atoms with Gasteiger partial charge < -0.3 is 0 Å². The highest BCUT2D eigenvalue weighted by Crippen LogP contribution is 2.15. The van der Waals surface area contributed by atoms with E-state index in [-0.39, 0.29) is 4.90 Å². The lowest BCUT2D eigenvalue weighted by molar-refractivity contribution is 0.590. The van der Waals surface area contributed by atoms with Gasteiger partial charge in [0.2, 0.25) is 10.0 Å². The molecule has 0 saturated carbocycles. The molecule has 0 atom stereocenters. The van der Waals surface area contributed by atoms with Crippen LogP contribution in [-0.4, -0.2) is 13.4 Å². The topological polar surface area (TPSA) is 59.1 Å². The first-order valence-corrected chi connectivity index (χ1v) is 5.75. The molecular weight excluding hydrogens is 212 g/mol. The predicted octanol–water partition coefficient (Wildman–Crippen LogP) is 1.30. The Hall–Kier alpha value is -1.46. The van der Waals surface area contributed by atoms with Crippen LogP contribution in [0.3, 0.4) is 0 Å². The number of nitrogens with one attached hydrogen (secondary N) is 1. The number of hydrogen-bond acceptors (Lipinski definition) is 3. The molecular formula is C10H9N2O2S. The van der Waals surface area contributed by atoms with Crippen molar-refractivity contribution in [3.05, 3.63) is 43.6 Å². The average molecular weight is 221 g/mol. The maximum atomic E-state index is 11.4. The number of rotatable bonds is 2. The van der Waals surface area contributed by atoms with Crippen molar-refractivity contribution in [2.24, 2.45) is 0 Å². The molecule has 0 saturated heterocycles. The van der Waals surface area contributed by atoms with Crippen LogP contribution < -0.4 is 4.72 Å². The fraction of sp³-hybridized carbons (Fsp3) is 0. The summed E-state index contributed by atoms with van der Waals surface area (Å²) in [7, 11) is -0.365. The monoisotopic (exact) mass is 221 g/mol. The normalized spacial score (nSPS) is 11.8. The van der Waals surface area contributed by atoms with Crippen LogP contribution in [0.25, 0.3) is 10.9 Å². The van der Waals surface area contributed by atoms with E-state index in [1.165, 1.54) is 6.20 Å². The molecule has 0 aliphatic rings. The number of nitrogens with zero attached hydrogens (tertiary/aromatic N) is 1. The van der Waals surface area contributed by atoms with Crippen molar-refractivity contribution < 1.29 is 8.42 Å². The van der Waals surface area contributed by atoms with E-state index in [0.717, 1.165) is 10.9 Å². The van der Waals surface area contributed by atoms with Gasteiger partial charge in [-0.2, -0.15) is 0 Å². The zero-order chi connectivity index (χ0) is 10.9. The predicted molar refractivity (Wildman–Crippen MR) is 57.4 cm³/mol. The van der Waals surface area contributed by atoms with Crippen LogP contribution in [0.4, 0.5) is 0 Å². The highest BCUT2D eigenvalue weighted by molar-refractivity contribution is 7.89. The zero-order valence-corrected chi connectivity index (χ0v) is 8.66. The lowest BCUT2D eigenvalue weighted by Crippen LogP contribution is -2.16. The Labute approximate surface area is 88.0 Å². The summed E-state index contributed by atoms with van der Waals surface area (Å²) >= 11 is 0. The SMILES string of the molecule is [CH2]NS(=O)(=O)c1cnc2ccccc2c1. The van der Waals surface area contributed by atoms with Gasteiger partial charge >= 0.3 is 0 Å². The van der Waals surface area contributed by atoms with Crippen molar-refractivity contribution in [3.63, 3.8) is 0 Å². The van der Waals surface area contributed by atoms with E-state index in [0.29, 0.717) is 0 Å². The van der Waals surface area contributed by atoms with Gasteiger partial charge in [0.15, 0.2) is 0 Å². The van der Waals surface area contributed by atoms with Gasteiger partial charge in [0.1, 0.15) is 4.90 Å². The molecule has 0 bridgehead atoms. The third kappa shape index (κ3) is 1.84. The Morgan fingerprint density at radius 1 is 1.27 bits per heavy atom. The minimum atomic E-state index is -3.51. The van der Waals surface area contributed by atoms with E-state index in [1.54, 1.807) is 6.07 Å². The number of sulfonamides is 1. The fourth-order valence-corrected chi connectivity index (χ4v) is 1.92. The summed E-state index contributed by atoms with van der Waals surface area (Å²) < 4.78 is 24.9. The second-order valence-electron chi connectivity index (χ2n) is 3.01. The molecule has 0 aliphatic heterocycles.